The van der Waals surface area contributed by atoms with E-state index in [2.05, 4.69) is 5.32 Å². The molecule has 0 saturated heterocycles. The molecule has 0 spiro atoms. The van der Waals surface area contributed by atoms with Gasteiger partial charge in [-0.05, 0) is 43.4 Å². The lowest BCUT2D eigenvalue weighted by Gasteiger charge is -2.37. The lowest BCUT2D eigenvalue weighted by Crippen LogP contribution is -2.56. The van der Waals surface area contributed by atoms with Crippen molar-refractivity contribution in [2.45, 2.75) is 45.1 Å². The molecule has 0 radical (unpaired) electrons. The minimum atomic E-state index is -1.24. The second kappa shape index (κ2) is 5.84. The Morgan fingerprint density at radius 3 is 2.71 bits per heavy atom. The largest absolute Gasteiger partial charge is 0.480 e. The fourth-order valence-electron chi connectivity index (χ4n) is 2.94. The lowest BCUT2D eigenvalue weighted by atomic mass is 9.76. The molecule has 1 aliphatic carbocycles. The van der Waals surface area contributed by atoms with Gasteiger partial charge in [0.2, 0.25) is 0 Å². The minimum absolute atomic E-state index is 0.150. The van der Waals surface area contributed by atoms with Gasteiger partial charge < -0.3 is 10.4 Å². The SMILES string of the molecule is Cc1ccc(C(=O)NC2(C(=O)O)CCCC(C)C2)cc1F. The Labute approximate surface area is 123 Å². The van der Waals surface area contributed by atoms with Crippen LogP contribution in [0, 0.1) is 18.7 Å². The van der Waals surface area contributed by atoms with E-state index in [9.17, 15) is 19.1 Å². The molecule has 4 nitrogen and oxygen atoms in total. The van der Waals surface area contributed by atoms with Crippen LogP contribution < -0.4 is 5.32 Å². The minimum Gasteiger partial charge on any atom is -0.480 e. The number of amides is 1. The first-order valence-electron chi connectivity index (χ1n) is 7.16. The first kappa shape index (κ1) is 15.5. The van der Waals surface area contributed by atoms with Gasteiger partial charge in [-0.2, -0.15) is 0 Å². The van der Waals surface area contributed by atoms with Crippen molar-refractivity contribution in [2.24, 2.45) is 5.92 Å². The fourth-order valence-corrected chi connectivity index (χ4v) is 2.94. The number of hydrogen-bond donors (Lipinski definition) is 2. The van der Waals surface area contributed by atoms with Gasteiger partial charge in [0.1, 0.15) is 11.4 Å². The normalized spacial score (nSPS) is 25.4. The van der Waals surface area contributed by atoms with Crippen molar-refractivity contribution in [3.63, 3.8) is 0 Å². The molecule has 1 fully saturated rings. The molecule has 1 aromatic carbocycles. The van der Waals surface area contributed by atoms with Gasteiger partial charge in [0, 0.05) is 5.56 Å². The summed E-state index contributed by atoms with van der Waals surface area (Å²) in [5, 5.41) is 12.1. The van der Waals surface area contributed by atoms with Gasteiger partial charge in [-0.15, -0.1) is 0 Å². The maximum atomic E-state index is 13.5. The lowest BCUT2D eigenvalue weighted by molar-refractivity contribution is -0.146. The number of aliphatic carboxylic acids is 1. The van der Waals surface area contributed by atoms with Crippen LogP contribution in [-0.2, 0) is 4.79 Å². The Hall–Kier alpha value is -1.91. The van der Waals surface area contributed by atoms with E-state index in [0.717, 1.165) is 18.9 Å². The summed E-state index contributed by atoms with van der Waals surface area (Å²) >= 11 is 0. The van der Waals surface area contributed by atoms with Gasteiger partial charge >= 0.3 is 5.97 Å². The highest BCUT2D eigenvalue weighted by Gasteiger charge is 2.43. The zero-order chi connectivity index (χ0) is 15.6. The van der Waals surface area contributed by atoms with Crippen LogP contribution in [0.1, 0.15) is 48.5 Å². The average molecular weight is 293 g/mol. The summed E-state index contributed by atoms with van der Waals surface area (Å²) in [6.07, 6.45) is 2.54. The number of carbonyl (C=O) groups is 2. The quantitative estimate of drug-likeness (QED) is 0.900. The number of benzene rings is 1. The molecule has 2 unspecified atom stereocenters. The van der Waals surface area contributed by atoms with E-state index < -0.39 is 23.2 Å². The summed E-state index contributed by atoms with van der Waals surface area (Å²) in [6, 6.07) is 4.17. The van der Waals surface area contributed by atoms with Gasteiger partial charge in [0.15, 0.2) is 0 Å². The maximum Gasteiger partial charge on any atom is 0.329 e. The fraction of sp³-hybridized carbons (Fsp3) is 0.500. The number of halogens is 1. The van der Waals surface area contributed by atoms with Gasteiger partial charge in [0.25, 0.3) is 5.91 Å². The van der Waals surface area contributed by atoms with Crippen LogP contribution in [0.4, 0.5) is 4.39 Å². The molecular formula is C16H20FNO3. The Balaban J connectivity index is 2.22. The highest BCUT2D eigenvalue weighted by molar-refractivity contribution is 5.98. The Morgan fingerprint density at radius 2 is 2.14 bits per heavy atom. The number of carboxylic acid groups (broad SMARTS) is 1. The number of carbonyl (C=O) groups excluding carboxylic acids is 1. The predicted octanol–water partition coefficient (Wildman–Crippen LogP) is 2.90. The summed E-state index contributed by atoms with van der Waals surface area (Å²) < 4.78 is 13.5. The maximum absolute atomic E-state index is 13.5. The second-order valence-corrected chi connectivity index (χ2v) is 6.01. The standard InChI is InChI=1S/C16H20FNO3/c1-10-4-3-7-16(9-10,15(20)21)18-14(19)12-6-5-11(2)13(17)8-12/h5-6,8,10H,3-4,7,9H2,1-2H3,(H,18,19)(H,20,21). The zero-order valence-electron chi connectivity index (χ0n) is 12.3. The second-order valence-electron chi connectivity index (χ2n) is 6.01. The summed E-state index contributed by atoms with van der Waals surface area (Å²) in [5.41, 5.74) is -0.640. The van der Waals surface area contributed by atoms with Crippen LogP contribution in [0.3, 0.4) is 0 Å². The zero-order valence-corrected chi connectivity index (χ0v) is 12.3. The van der Waals surface area contributed by atoms with E-state index in [4.69, 9.17) is 0 Å². The molecule has 2 atom stereocenters. The molecule has 5 heteroatoms. The summed E-state index contributed by atoms with van der Waals surface area (Å²) in [6.45, 7) is 3.59. The Morgan fingerprint density at radius 1 is 1.43 bits per heavy atom. The van der Waals surface area contributed by atoms with Crippen LogP contribution in [-0.4, -0.2) is 22.5 Å². The molecule has 0 aliphatic heterocycles. The average Bonchev–Trinajstić information content (AvgIpc) is 2.41. The highest BCUT2D eigenvalue weighted by Crippen LogP contribution is 2.32. The first-order valence-corrected chi connectivity index (χ1v) is 7.16. The number of nitrogens with one attached hydrogen (secondary N) is 1. The number of carboxylic acids is 1. The van der Waals surface area contributed by atoms with E-state index in [-0.39, 0.29) is 11.5 Å². The molecule has 1 aliphatic rings. The molecule has 114 valence electrons. The predicted molar refractivity (Wildman–Crippen MR) is 76.6 cm³/mol. The van der Waals surface area contributed by atoms with Crippen molar-refractivity contribution in [2.75, 3.05) is 0 Å². The van der Waals surface area contributed by atoms with E-state index >= 15 is 0 Å². The highest BCUT2D eigenvalue weighted by atomic mass is 19.1. The summed E-state index contributed by atoms with van der Waals surface area (Å²) in [7, 11) is 0. The van der Waals surface area contributed by atoms with E-state index in [1.165, 1.54) is 12.1 Å². The molecule has 1 amide bonds. The van der Waals surface area contributed by atoms with Crippen molar-refractivity contribution >= 4 is 11.9 Å². The van der Waals surface area contributed by atoms with Gasteiger partial charge in [-0.3, -0.25) is 4.79 Å². The Kier molecular flexibility index (Phi) is 4.30. The van der Waals surface area contributed by atoms with Crippen molar-refractivity contribution in [3.05, 3.63) is 35.1 Å². The van der Waals surface area contributed by atoms with Crippen LogP contribution >= 0.6 is 0 Å². The van der Waals surface area contributed by atoms with Crippen LogP contribution in [0.25, 0.3) is 0 Å². The Bertz CT molecular complexity index is 573. The van der Waals surface area contributed by atoms with Gasteiger partial charge in [-0.1, -0.05) is 25.8 Å². The summed E-state index contributed by atoms with van der Waals surface area (Å²) in [4.78, 5) is 23.9. The molecule has 0 aromatic heterocycles. The third-order valence-corrected chi connectivity index (χ3v) is 4.19. The van der Waals surface area contributed by atoms with Crippen molar-refractivity contribution in [1.29, 1.82) is 0 Å². The molecule has 0 heterocycles. The number of hydrogen-bond acceptors (Lipinski definition) is 2. The molecule has 0 bridgehead atoms. The molecular weight excluding hydrogens is 273 g/mol. The molecule has 2 rings (SSSR count). The molecule has 1 saturated carbocycles. The van der Waals surface area contributed by atoms with E-state index in [0.29, 0.717) is 18.4 Å². The number of aryl methyl sites for hydroxylation is 1. The summed E-state index contributed by atoms with van der Waals surface area (Å²) in [5.74, 6) is -1.78. The van der Waals surface area contributed by atoms with Crippen LogP contribution in [0.2, 0.25) is 0 Å². The molecule has 2 N–H and O–H groups in total. The topological polar surface area (TPSA) is 66.4 Å². The van der Waals surface area contributed by atoms with E-state index in [1.807, 2.05) is 6.92 Å². The van der Waals surface area contributed by atoms with Crippen molar-refractivity contribution in [1.82, 2.24) is 5.32 Å². The van der Waals surface area contributed by atoms with Crippen molar-refractivity contribution < 1.29 is 19.1 Å². The monoisotopic (exact) mass is 293 g/mol. The third-order valence-electron chi connectivity index (χ3n) is 4.19. The molecule has 21 heavy (non-hydrogen) atoms. The number of rotatable bonds is 3. The van der Waals surface area contributed by atoms with E-state index in [1.54, 1.807) is 6.92 Å². The molecule has 1 aromatic rings. The van der Waals surface area contributed by atoms with Crippen LogP contribution in [0.15, 0.2) is 18.2 Å². The smallest absolute Gasteiger partial charge is 0.329 e. The van der Waals surface area contributed by atoms with Crippen LogP contribution in [0.5, 0.6) is 0 Å². The van der Waals surface area contributed by atoms with Gasteiger partial charge in [-0.25, -0.2) is 9.18 Å². The van der Waals surface area contributed by atoms with Gasteiger partial charge in [0.05, 0.1) is 0 Å². The first-order chi connectivity index (χ1) is 9.84. The third kappa shape index (κ3) is 3.23. The van der Waals surface area contributed by atoms with Crippen molar-refractivity contribution in [3.8, 4) is 0 Å².